The Labute approximate surface area is 189 Å². The molecule has 0 bridgehead atoms. The molecule has 1 heterocycles. The van der Waals surface area contributed by atoms with Gasteiger partial charge in [-0.1, -0.05) is 23.9 Å². The number of nitrogens with zero attached hydrogens (tertiary/aromatic N) is 2. The Morgan fingerprint density at radius 2 is 1.72 bits per heavy atom. The predicted molar refractivity (Wildman–Crippen MR) is 127 cm³/mol. The highest BCUT2D eigenvalue weighted by atomic mass is 32.2. The van der Waals surface area contributed by atoms with E-state index in [1.807, 2.05) is 60.0 Å². The third kappa shape index (κ3) is 4.45. The highest BCUT2D eigenvalue weighted by Gasteiger charge is 2.20. The fourth-order valence-electron chi connectivity index (χ4n) is 3.24. The summed E-state index contributed by atoms with van der Waals surface area (Å²) in [5.74, 6) is 0.0851. The van der Waals surface area contributed by atoms with Crippen molar-refractivity contribution in [3.05, 3.63) is 78.4 Å². The van der Waals surface area contributed by atoms with Crippen LogP contribution < -0.4 is 15.8 Å². The largest absolute Gasteiger partial charge is 0.497 e. The molecular formula is C24H22N4O3S. The van der Waals surface area contributed by atoms with E-state index in [9.17, 15) is 9.59 Å². The van der Waals surface area contributed by atoms with Crippen molar-refractivity contribution in [3.63, 3.8) is 0 Å². The molecule has 0 aliphatic rings. The van der Waals surface area contributed by atoms with Gasteiger partial charge in [0.15, 0.2) is 5.16 Å². The van der Waals surface area contributed by atoms with Crippen LogP contribution >= 0.6 is 11.8 Å². The van der Waals surface area contributed by atoms with Crippen molar-refractivity contribution < 1.29 is 14.3 Å². The molecule has 2 amide bonds. The minimum Gasteiger partial charge on any atom is -0.497 e. The zero-order valence-corrected chi connectivity index (χ0v) is 18.4. The number of benzene rings is 3. The summed E-state index contributed by atoms with van der Waals surface area (Å²) in [6, 6.07) is 22.0. The van der Waals surface area contributed by atoms with Crippen molar-refractivity contribution in [2.24, 2.45) is 5.73 Å². The minimum absolute atomic E-state index is 0.171. The molecule has 0 aliphatic heterocycles. The first-order valence-electron chi connectivity index (χ1n) is 9.95. The fraction of sp³-hybridized carbons (Fsp3) is 0.125. The molecule has 0 fully saturated rings. The van der Waals surface area contributed by atoms with Crippen LogP contribution in [0.15, 0.2) is 78.0 Å². The molecule has 0 spiro atoms. The van der Waals surface area contributed by atoms with Crippen molar-refractivity contribution in [1.82, 2.24) is 9.55 Å². The molecule has 162 valence electrons. The van der Waals surface area contributed by atoms with Gasteiger partial charge in [0.25, 0.3) is 0 Å². The summed E-state index contributed by atoms with van der Waals surface area (Å²) in [6.07, 6.45) is 0. The maximum atomic E-state index is 12.8. The Hall–Kier alpha value is -3.78. The first-order chi connectivity index (χ1) is 15.5. The highest BCUT2D eigenvalue weighted by Crippen LogP contribution is 2.31. The quantitative estimate of drug-likeness (QED) is 0.414. The number of carbonyl (C=O) groups excluding carboxylic acids is 2. The van der Waals surface area contributed by atoms with Gasteiger partial charge in [0, 0.05) is 16.9 Å². The monoisotopic (exact) mass is 446 g/mol. The molecule has 3 aromatic carbocycles. The minimum atomic E-state index is -0.510. The maximum Gasteiger partial charge on any atom is 0.248 e. The molecule has 0 aliphatic carbocycles. The van der Waals surface area contributed by atoms with Crippen LogP contribution in [-0.4, -0.2) is 33.7 Å². The number of primary amides is 1. The Morgan fingerprint density at radius 3 is 2.38 bits per heavy atom. The molecule has 3 N–H and O–H groups in total. The van der Waals surface area contributed by atoms with Gasteiger partial charge in [0.2, 0.25) is 11.8 Å². The number of methoxy groups -OCH3 is 1. The van der Waals surface area contributed by atoms with Gasteiger partial charge in [0.05, 0.1) is 23.4 Å². The lowest BCUT2D eigenvalue weighted by molar-refractivity contribution is -0.115. The van der Waals surface area contributed by atoms with Gasteiger partial charge in [-0.15, -0.1) is 0 Å². The van der Waals surface area contributed by atoms with E-state index in [0.717, 1.165) is 22.5 Å². The van der Waals surface area contributed by atoms with Crippen molar-refractivity contribution >= 4 is 40.3 Å². The van der Waals surface area contributed by atoms with Crippen LogP contribution in [0.3, 0.4) is 0 Å². The third-order valence-corrected chi connectivity index (χ3v) is 6.00. The summed E-state index contributed by atoms with van der Waals surface area (Å²) >= 11 is 1.37. The highest BCUT2D eigenvalue weighted by molar-refractivity contribution is 8.00. The number of carbonyl (C=O) groups is 2. The lowest BCUT2D eigenvalue weighted by Crippen LogP contribution is -2.23. The van der Waals surface area contributed by atoms with E-state index in [-0.39, 0.29) is 5.91 Å². The van der Waals surface area contributed by atoms with Gasteiger partial charge in [0.1, 0.15) is 5.75 Å². The van der Waals surface area contributed by atoms with E-state index in [2.05, 4.69) is 5.32 Å². The predicted octanol–water partition coefficient (Wildman–Crippen LogP) is 4.25. The number of hydrogen-bond donors (Lipinski definition) is 2. The average Bonchev–Trinajstić information content (AvgIpc) is 3.17. The standard InChI is InChI=1S/C24H22N4O3S/c1-15(23(30)26-17-9-7-16(8-10-17)22(25)29)32-24-27-20-5-3-4-6-21(20)28(24)18-11-13-19(31-2)14-12-18/h3-15H,1-2H3,(H2,25,29)(H,26,30). The molecule has 1 unspecified atom stereocenters. The summed E-state index contributed by atoms with van der Waals surface area (Å²) in [5.41, 5.74) is 8.97. The van der Waals surface area contributed by atoms with Crippen molar-refractivity contribution in [3.8, 4) is 11.4 Å². The number of ether oxygens (including phenoxy) is 1. The summed E-state index contributed by atoms with van der Waals surface area (Å²) < 4.78 is 7.30. The lowest BCUT2D eigenvalue weighted by Gasteiger charge is -2.14. The number of hydrogen-bond acceptors (Lipinski definition) is 5. The molecule has 4 rings (SSSR count). The van der Waals surface area contributed by atoms with Crippen LogP contribution in [-0.2, 0) is 4.79 Å². The number of imidazole rings is 1. The lowest BCUT2D eigenvalue weighted by atomic mass is 10.2. The number of fused-ring (bicyclic) bond motifs is 1. The Kier molecular flexibility index (Phi) is 6.13. The average molecular weight is 447 g/mol. The van der Waals surface area contributed by atoms with Crippen LogP contribution in [0.4, 0.5) is 5.69 Å². The first-order valence-corrected chi connectivity index (χ1v) is 10.8. The van der Waals surface area contributed by atoms with E-state index in [1.165, 1.54) is 11.8 Å². The van der Waals surface area contributed by atoms with Crippen molar-refractivity contribution in [1.29, 1.82) is 0 Å². The van der Waals surface area contributed by atoms with Crippen molar-refractivity contribution in [2.75, 3.05) is 12.4 Å². The smallest absolute Gasteiger partial charge is 0.248 e. The normalized spacial score (nSPS) is 11.8. The summed E-state index contributed by atoms with van der Waals surface area (Å²) in [7, 11) is 1.63. The van der Waals surface area contributed by atoms with E-state index in [4.69, 9.17) is 15.5 Å². The van der Waals surface area contributed by atoms with Crippen LogP contribution in [0.5, 0.6) is 5.75 Å². The zero-order valence-electron chi connectivity index (χ0n) is 17.6. The number of anilines is 1. The van der Waals surface area contributed by atoms with E-state index < -0.39 is 11.2 Å². The van der Waals surface area contributed by atoms with Crippen LogP contribution in [0.1, 0.15) is 17.3 Å². The maximum absolute atomic E-state index is 12.8. The van der Waals surface area contributed by atoms with Gasteiger partial charge < -0.3 is 15.8 Å². The second kappa shape index (κ2) is 9.15. The van der Waals surface area contributed by atoms with Crippen LogP contribution in [0.2, 0.25) is 0 Å². The molecule has 0 saturated heterocycles. The van der Waals surface area contributed by atoms with Crippen molar-refractivity contribution in [2.45, 2.75) is 17.3 Å². The Balaban J connectivity index is 1.59. The molecule has 0 radical (unpaired) electrons. The van der Waals surface area contributed by atoms with Crippen LogP contribution in [0, 0.1) is 0 Å². The summed E-state index contributed by atoms with van der Waals surface area (Å²) in [6.45, 7) is 1.83. The second-order valence-electron chi connectivity index (χ2n) is 7.11. The van der Waals surface area contributed by atoms with E-state index >= 15 is 0 Å². The molecular weight excluding hydrogens is 424 g/mol. The molecule has 7 nitrogen and oxygen atoms in total. The molecule has 32 heavy (non-hydrogen) atoms. The summed E-state index contributed by atoms with van der Waals surface area (Å²) in [5, 5.41) is 3.16. The second-order valence-corrected chi connectivity index (χ2v) is 8.42. The van der Waals surface area contributed by atoms with Crippen LogP contribution in [0.25, 0.3) is 16.7 Å². The van der Waals surface area contributed by atoms with Gasteiger partial charge in [-0.05, 0) is 67.6 Å². The number of rotatable bonds is 7. The number of amides is 2. The first kappa shape index (κ1) is 21.5. The third-order valence-electron chi connectivity index (χ3n) is 4.95. The molecule has 8 heteroatoms. The van der Waals surface area contributed by atoms with E-state index in [0.29, 0.717) is 16.4 Å². The van der Waals surface area contributed by atoms with E-state index in [1.54, 1.807) is 31.4 Å². The van der Waals surface area contributed by atoms with Gasteiger partial charge in [-0.2, -0.15) is 0 Å². The van der Waals surface area contributed by atoms with Gasteiger partial charge in [-0.3, -0.25) is 14.2 Å². The number of para-hydroxylation sites is 2. The summed E-state index contributed by atoms with van der Waals surface area (Å²) in [4.78, 5) is 28.8. The SMILES string of the molecule is COc1ccc(-n2c(SC(C)C(=O)Nc3ccc(C(N)=O)cc3)nc3ccccc32)cc1. The Morgan fingerprint density at radius 1 is 1.03 bits per heavy atom. The number of thioether (sulfide) groups is 1. The number of aromatic nitrogens is 2. The molecule has 0 saturated carbocycles. The fourth-order valence-corrected chi connectivity index (χ4v) is 4.18. The Bertz CT molecular complexity index is 1270. The van der Waals surface area contributed by atoms with Gasteiger partial charge in [-0.25, -0.2) is 4.98 Å². The number of nitrogens with one attached hydrogen (secondary N) is 1. The zero-order chi connectivity index (χ0) is 22.7. The molecule has 4 aromatic rings. The number of nitrogens with two attached hydrogens (primary N) is 1. The van der Waals surface area contributed by atoms with Gasteiger partial charge >= 0.3 is 0 Å². The molecule has 1 aromatic heterocycles. The molecule has 1 atom stereocenters. The topological polar surface area (TPSA) is 99.2 Å².